The molecule has 0 aromatic rings. The van der Waals surface area contributed by atoms with E-state index in [2.05, 4.69) is 0 Å². The average molecular weight is 152 g/mol. The lowest BCUT2D eigenvalue weighted by molar-refractivity contribution is 0.213. The Hall–Kier alpha value is 0.150. The second-order valence-corrected chi connectivity index (χ2v) is 3.30. The smallest absolute Gasteiger partial charge is 0.194 e. The highest BCUT2D eigenvalue weighted by Gasteiger charge is 2.01. The van der Waals surface area contributed by atoms with Gasteiger partial charge in [0.15, 0.2) is 8.03 Å². The molecule has 0 aromatic carbocycles. The minimum Gasteiger partial charge on any atom is -0.393 e. The van der Waals surface area contributed by atoms with Gasteiger partial charge in [-0.05, 0) is 13.8 Å². The maximum absolute atomic E-state index is 10.7. The third-order valence-electron chi connectivity index (χ3n) is 0.767. The molecule has 0 aliphatic heterocycles. The van der Waals surface area contributed by atoms with E-state index in [1.54, 1.807) is 13.8 Å². The highest BCUT2D eigenvalue weighted by molar-refractivity contribution is 7.39. The number of rotatable bonds is 4. The summed E-state index contributed by atoms with van der Waals surface area (Å²) in [7, 11) is -1.94. The van der Waals surface area contributed by atoms with Gasteiger partial charge in [0.2, 0.25) is 0 Å². The summed E-state index contributed by atoms with van der Waals surface area (Å²) in [6.45, 7) is 3.84. The van der Waals surface area contributed by atoms with Crippen molar-refractivity contribution in [1.82, 2.24) is 0 Å². The van der Waals surface area contributed by atoms with Crippen molar-refractivity contribution >= 4 is 8.03 Å². The standard InChI is InChI=1S/C5H13O3P/c1-3-8-9(7)4-5(2)6/h5-6,9H,3-4H2,1-2H3. The minimum absolute atomic E-state index is 0.276. The Labute approximate surface area is 55.9 Å². The van der Waals surface area contributed by atoms with E-state index < -0.39 is 14.1 Å². The molecule has 4 heteroatoms. The summed E-state index contributed by atoms with van der Waals surface area (Å²) >= 11 is 0. The fourth-order valence-electron chi connectivity index (χ4n) is 0.461. The van der Waals surface area contributed by atoms with Crippen molar-refractivity contribution in [3.05, 3.63) is 0 Å². The molecule has 3 nitrogen and oxygen atoms in total. The number of hydrogen-bond acceptors (Lipinski definition) is 3. The summed E-state index contributed by atoms with van der Waals surface area (Å²) < 4.78 is 15.4. The lowest BCUT2D eigenvalue weighted by Crippen LogP contribution is -2.03. The number of hydrogen-bond donors (Lipinski definition) is 1. The van der Waals surface area contributed by atoms with Gasteiger partial charge in [-0.2, -0.15) is 0 Å². The van der Waals surface area contributed by atoms with Gasteiger partial charge in [0.1, 0.15) is 0 Å². The zero-order valence-electron chi connectivity index (χ0n) is 5.76. The molecule has 2 atom stereocenters. The molecule has 0 heterocycles. The lowest BCUT2D eigenvalue weighted by Gasteiger charge is -2.02. The molecule has 2 unspecified atom stereocenters. The Kier molecular flexibility index (Phi) is 5.06. The molecule has 1 N–H and O–H groups in total. The van der Waals surface area contributed by atoms with E-state index in [9.17, 15) is 4.57 Å². The Morgan fingerprint density at radius 1 is 1.78 bits per heavy atom. The van der Waals surface area contributed by atoms with Crippen molar-refractivity contribution in [1.29, 1.82) is 0 Å². The molecule has 0 bridgehead atoms. The predicted octanol–water partition coefficient (Wildman–Crippen LogP) is 0.878. The Morgan fingerprint density at radius 2 is 2.33 bits per heavy atom. The zero-order chi connectivity index (χ0) is 7.28. The number of aliphatic hydroxyl groups is 1. The molecule has 9 heavy (non-hydrogen) atoms. The Bertz CT molecular complexity index is 92.2. The highest BCUT2D eigenvalue weighted by Crippen LogP contribution is 2.21. The Morgan fingerprint density at radius 3 is 2.67 bits per heavy atom. The minimum atomic E-state index is -1.94. The fraction of sp³-hybridized carbons (Fsp3) is 1.00. The summed E-state index contributed by atoms with van der Waals surface area (Å²) in [5, 5.41) is 8.69. The van der Waals surface area contributed by atoms with Crippen LogP contribution in [0.3, 0.4) is 0 Å². The van der Waals surface area contributed by atoms with Crippen molar-refractivity contribution in [2.45, 2.75) is 20.0 Å². The third kappa shape index (κ3) is 6.03. The van der Waals surface area contributed by atoms with Crippen LogP contribution in [0.25, 0.3) is 0 Å². The largest absolute Gasteiger partial charge is 0.393 e. The average Bonchev–Trinajstić information content (AvgIpc) is 1.63. The van der Waals surface area contributed by atoms with E-state index in [0.29, 0.717) is 6.61 Å². The zero-order valence-corrected chi connectivity index (χ0v) is 6.76. The quantitative estimate of drug-likeness (QED) is 0.608. The molecule has 56 valence electrons. The second kappa shape index (κ2) is 4.98. The van der Waals surface area contributed by atoms with Gasteiger partial charge in [-0.3, -0.25) is 4.57 Å². The topological polar surface area (TPSA) is 46.5 Å². The molecule has 0 rings (SSSR count). The van der Waals surface area contributed by atoms with Crippen molar-refractivity contribution in [3.63, 3.8) is 0 Å². The first-order valence-corrected chi connectivity index (χ1v) is 4.52. The first-order chi connectivity index (χ1) is 4.16. The van der Waals surface area contributed by atoms with Gasteiger partial charge in [0, 0.05) is 6.16 Å². The molecule has 0 amide bonds. The van der Waals surface area contributed by atoms with Gasteiger partial charge in [-0.15, -0.1) is 0 Å². The summed E-state index contributed by atoms with van der Waals surface area (Å²) in [6, 6.07) is 0. The van der Waals surface area contributed by atoms with Crippen LogP contribution >= 0.6 is 8.03 Å². The third-order valence-corrected chi connectivity index (χ3v) is 2.30. The van der Waals surface area contributed by atoms with E-state index in [0.717, 1.165) is 0 Å². The molecule has 0 fully saturated rings. The molecular weight excluding hydrogens is 139 g/mol. The molecule has 0 saturated carbocycles. The van der Waals surface area contributed by atoms with Crippen LogP contribution in [0.2, 0.25) is 0 Å². The van der Waals surface area contributed by atoms with E-state index in [1.807, 2.05) is 0 Å². The van der Waals surface area contributed by atoms with Crippen molar-refractivity contribution in [3.8, 4) is 0 Å². The summed E-state index contributed by atoms with van der Waals surface area (Å²) in [5.41, 5.74) is 0. The lowest BCUT2D eigenvalue weighted by atomic mass is 10.5. The summed E-state index contributed by atoms with van der Waals surface area (Å²) in [6.07, 6.45) is -0.235. The van der Waals surface area contributed by atoms with Crippen molar-refractivity contribution in [2.75, 3.05) is 12.8 Å². The van der Waals surface area contributed by atoms with E-state index in [1.165, 1.54) is 0 Å². The first kappa shape index (κ1) is 9.15. The van der Waals surface area contributed by atoms with Crippen LogP contribution in [-0.4, -0.2) is 24.0 Å². The van der Waals surface area contributed by atoms with Gasteiger partial charge in [-0.25, -0.2) is 0 Å². The molecular formula is C5H13O3P. The number of aliphatic hydroxyl groups excluding tert-OH is 1. The van der Waals surface area contributed by atoms with Gasteiger partial charge in [0.05, 0.1) is 12.7 Å². The van der Waals surface area contributed by atoms with Gasteiger partial charge >= 0.3 is 0 Å². The van der Waals surface area contributed by atoms with Crippen LogP contribution in [-0.2, 0) is 9.09 Å². The van der Waals surface area contributed by atoms with E-state index in [4.69, 9.17) is 9.63 Å². The summed E-state index contributed by atoms with van der Waals surface area (Å²) in [4.78, 5) is 0. The van der Waals surface area contributed by atoms with Gasteiger partial charge in [-0.1, -0.05) is 0 Å². The molecule has 0 aliphatic rings. The van der Waals surface area contributed by atoms with E-state index >= 15 is 0 Å². The van der Waals surface area contributed by atoms with Crippen LogP contribution in [0, 0.1) is 0 Å². The SMILES string of the molecule is CCO[PH](=O)CC(C)O. The molecule has 0 saturated heterocycles. The van der Waals surface area contributed by atoms with Crippen molar-refractivity contribution < 1.29 is 14.2 Å². The normalized spacial score (nSPS) is 17.2. The maximum atomic E-state index is 10.7. The fourth-order valence-corrected chi connectivity index (χ4v) is 1.38. The van der Waals surface area contributed by atoms with Crippen molar-refractivity contribution in [2.24, 2.45) is 0 Å². The maximum Gasteiger partial charge on any atom is 0.194 e. The van der Waals surface area contributed by atoms with Gasteiger partial charge < -0.3 is 9.63 Å². The van der Waals surface area contributed by atoms with E-state index in [-0.39, 0.29) is 6.16 Å². The van der Waals surface area contributed by atoms with Crippen LogP contribution in [0.1, 0.15) is 13.8 Å². The van der Waals surface area contributed by atoms with Crippen LogP contribution in [0.5, 0.6) is 0 Å². The molecule has 0 spiro atoms. The predicted molar refractivity (Wildman–Crippen MR) is 37.2 cm³/mol. The first-order valence-electron chi connectivity index (χ1n) is 3.00. The monoisotopic (exact) mass is 152 g/mol. The molecule has 0 radical (unpaired) electrons. The van der Waals surface area contributed by atoms with Crippen LogP contribution in [0.15, 0.2) is 0 Å². The molecule has 0 aromatic heterocycles. The summed E-state index contributed by atoms with van der Waals surface area (Å²) in [5.74, 6) is 0. The van der Waals surface area contributed by atoms with Crippen LogP contribution < -0.4 is 0 Å². The van der Waals surface area contributed by atoms with Crippen LogP contribution in [0.4, 0.5) is 0 Å². The highest BCUT2D eigenvalue weighted by atomic mass is 31.1. The van der Waals surface area contributed by atoms with Gasteiger partial charge in [0.25, 0.3) is 0 Å². The molecule has 0 aliphatic carbocycles. The Balaban J connectivity index is 3.27. The second-order valence-electron chi connectivity index (χ2n) is 1.86.